The largest absolute Gasteiger partial charge is 0.256 e. The van der Waals surface area contributed by atoms with Gasteiger partial charge in [-0.15, -0.1) is 0 Å². The van der Waals surface area contributed by atoms with Crippen LogP contribution in [0.15, 0.2) is 18.6 Å². The van der Waals surface area contributed by atoms with Gasteiger partial charge in [0.2, 0.25) is 0 Å². The highest BCUT2D eigenvalue weighted by Crippen LogP contribution is 2.08. The summed E-state index contributed by atoms with van der Waals surface area (Å²) in [7, 11) is 0. The van der Waals surface area contributed by atoms with Crippen molar-refractivity contribution in [3.63, 3.8) is 0 Å². The predicted octanol–water partition coefficient (Wildman–Crippen LogP) is 1.88. The lowest BCUT2D eigenvalue weighted by Crippen LogP contribution is -2.02. The maximum atomic E-state index is 4.39. The second kappa shape index (κ2) is 3.64. The Morgan fingerprint density at radius 2 is 2.00 bits per heavy atom. The molecule has 0 atom stereocenters. The van der Waals surface area contributed by atoms with Crippen molar-refractivity contribution in [1.82, 2.24) is 19.7 Å². The van der Waals surface area contributed by atoms with Crippen molar-refractivity contribution in [2.45, 2.75) is 13.8 Å². The molecule has 0 aliphatic heterocycles. The quantitative estimate of drug-likeness (QED) is 0.755. The van der Waals surface area contributed by atoms with E-state index >= 15 is 0 Å². The van der Waals surface area contributed by atoms with Crippen LogP contribution in [0.1, 0.15) is 11.4 Å². The van der Waals surface area contributed by atoms with Crippen LogP contribution in [0.5, 0.6) is 0 Å². The summed E-state index contributed by atoms with van der Waals surface area (Å²) in [5.74, 6) is 0.760. The molecule has 4 nitrogen and oxygen atoms in total. The highest BCUT2D eigenvalue weighted by atomic mass is 127. The van der Waals surface area contributed by atoms with Gasteiger partial charge in [0.1, 0.15) is 0 Å². The van der Waals surface area contributed by atoms with E-state index in [-0.39, 0.29) is 0 Å². The fourth-order valence-corrected chi connectivity index (χ4v) is 1.45. The van der Waals surface area contributed by atoms with Crippen LogP contribution in [0.25, 0.3) is 5.82 Å². The Morgan fingerprint density at radius 1 is 1.21 bits per heavy atom. The Bertz CT molecular complexity index is 464. The van der Waals surface area contributed by atoms with Gasteiger partial charge in [0.05, 0.1) is 27.4 Å². The van der Waals surface area contributed by atoms with E-state index < -0.39 is 0 Å². The SMILES string of the molecule is Cc1ncc(-n2cc(I)cn2)nc1C. The number of nitrogens with zero attached hydrogens (tertiary/aromatic N) is 4. The van der Waals surface area contributed by atoms with Crippen LogP contribution in [0.3, 0.4) is 0 Å². The first-order valence-electron chi connectivity index (χ1n) is 4.17. The molecule has 0 radical (unpaired) electrons. The van der Waals surface area contributed by atoms with E-state index in [1.807, 2.05) is 20.0 Å². The van der Waals surface area contributed by atoms with Gasteiger partial charge in [-0.3, -0.25) is 4.98 Å². The minimum Gasteiger partial charge on any atom is -0.256 e. The molecule has 0 unspecified atom stereocenters. The molecule has 0 bridgehead atoms. The molecule has 72 valence electrons. The molecule has 0 saturated carbocycles. The van der Waals surface area contributed by atoms with E-state index in [4.69, 9.17) is 0 Å². The maximum Gasteiger partial charge on any atom is 0.172 e. The van der Waals surface area contributed by atoms with Gasteiger partial charge in [0.15, 0.2) is 5.82 Å². The molecular weight excluding hydrogens is 291 g/mol. The average Bonchev–Trinajstić information content (AvgIpc) is 2.57. The van der Waals surface area contributed by atoms with Crippen LogP contribution in [0.2, 0.25) is 0 Å². The molecular formula is C9H9IN4. The Balaban J connectivity index is 2.47. The van der Waals surface area contributed by atoms with Crippen LogP contribution in [0.4, 0.5) is 0 Å². The number of hydrogen-bond donors (Lipinski definition) is 0. The molecule has 0 saturated heterocycles. The molecule has 2 aromatic heterocycles. The first-order chi connectivity index (χ1) is 6.66. The third kappa shape index (κ3) is 1.77. The molecule has 0 aliphatic carbocycles. The van der Waals surface area contributed by atoms with Crippen molar-refractivity contribution < 1.29 is 0 Å². The zero-order chi connectivity index (χ0) is 10.1. The highest BCUT2D eigenvalue weighted by Gasteiger charge is 2.02. The normalized spacial score (nSPS) is 10.5. The molecule has 0 N–H and O–H groups in total. The topological polar surface area (TPSA) is 43.6 Å². The van der Waals surface area contributed by atoms with E-state index in [0.29, 0.717) is 0 Å². The number of hydrogen-bond acceptors (Lipinski definition) is 3. The summed E-state index contributed by atoms with van der Waals surface area (Å²) in [4.78, 5) is 8.63. The van der Waals surface area contributed by atoms with E-state index in [1.54, 1.807) is 17.1 Å². The Morgan fingerprint density at radius 3 is 2.57 bits per heavy atom. The van der Waals surface area contributed by atoms with Gasteiger partial charge in [-0.05, 0) is 36.4 Å². The van der Waals surface area contributed by atoms with E-state index in [0.717, 1.165) is 20.8 Å². The van der Waals surface area contributed by atoms with Crippen LogP contribution < -0.4 is 0 Å². The van der Waals surface area contributed by atoms with Crippen molar-refractivity contribution >= 4 is 22.6 Å². The summed E-state index contributed by atoms with van der Waals surface area (Å²) in [5, 5.41) is 4.16. The summed E-state index contributed by atoms with van der Waals surface area (Å²) in [6.45, 7) is 3.89. The molecule has 14 heavy (non-hydrogen) atoms. The summed E-state index contributed by atoms with van der Waals surface area (Å²) < 4.78 is 2.81. The molecule has 2 rings (SSSR count). The lowest BCUT2D eigenvalue weighted by atomic mass is 10.3. The number of halogens is 1. The molecule has 5 heteroatoms. The van der Waals surface area contributed by atoms with E-state index in [9.17, 15) is 0 Å². The lowest BCUT2D eigenvalue weighted by Gasteiger charge is -2.02. The average molecular weight is 300 g/mol. The van der Waals surface area contributed by atoms with Gasteiger partial charge in [-0.25, -0.2) is 9.67 Å². The van der Waals surface area contributed by atoms with Crippen molar-refractivity contribution in [1.29, 1.82) is 0 Å². The summed E-state index contributed by atoms with van der Waals surface area (Å²) in [5.41, 5.74) is 1.89. The summed E-state index contributed by atoms with van der Waals surface area (Å²) in [6.07, 6.45) is 5.43. The van der Waals surface area contributed by atoms with Crippen molar-refractivity contribution in [2.24, 2.45) is 0 Å². The van der Waals surface area contributed by atoms with Gasteiger partial charge < -0.3 is 0 Å². The second-order valence-corrected chi connectivity index (χ2v) is 4.25. The standard InChI is InChI=1S/C9H9IN4/c1-6-7(2)13-9(4-11-6)14-5-8(10)3-12-14/h3-5H,1-2H3. The zero-order valence-electron chi connectivity index (χ0n) is 7.90. The van der Waals surface area contributed by atoms with Gasteiger partial charge in [-0.2, -0.15) is 5.10 Å². The van der Waals surface area contributed by atoms with Crippen LogP contribution in [-0.2, 0) is 0 Å². The summed E-state index contributed by atoms with van der Waals surface area (Å²) in [6, 6.07) is 0. The molecule has 0 aliphatic rings. The maximum absolute atomic E-state index is 4.39. The molecule has 0 fully saturated rings. The fourth-order valence-electron chi connectivity index (χ4n) is 1.07. The van der Waals surface area contributed by atoms with E-state index in [1.165, 1.54) is 0 Å². The molecule has 2 heterocycles. The number of aryl methyl sites for hydroxylation is 2. The summed E-state index contributed by atoms with van der Waals surface area (Å²) >= 11 is 2.21. The van der Waals surface area contributed by atoms with Gasteiger partial charge in [0.25, 0.3) is 0 Å². The molecule has 0 amide bonds. The monoisotopic (exact) mass is 300 g/mol. The van der Waals surface area contributed by atoms with Crippen LogP contribution in [0, 0.1) is 17.4 Å². The Labute approximate surface area is 95.5 Å². The lowest BCUT2D eigenvalue weighted by molar-refractivity contribution is 0.824. The number of rotatable bonds is 1. The molecule has 0 spiro atoms. The third-order valence-corrected chi connectivity index (χ3v) is 2.52. The first kappa shape index (κ1) is 9.57. The highest BCUT2D eigenvalue weighted by molar-refractivity contribution is 14.1. The van der Waals surface area contributed by atoms with Gasteiger partial charge >= 0.3 is 0 Å². The van der Waals surface area contributed by atoms with Crippen LogP contribution >= 0.6 is 22.6 Å². The van der Waals surface area contributed by atoms with Crippen molar-refractivity contribution in [3.8, 4) is 5.82 Å². The predicted molar refractivity (Wildman–Crippen MR) is 61.3 cm³/mol. The molecule has 2 aromatic rings. The zero-order valence-corrected chi connectivity index (χ0v) is 10.1. The van der Waals surface area contributed by atoms with Gasteiger partial charge in [-0.1, -0.05) is 0 Å². The third-order valence-electron chi connectivity index (χ3n) is 1.97. The minimum absolute atomic E-state index is 0.760. The minimum atomic E-state index is 0.760. The number of aromatic nitrogens is 4. The smallest absolute Gasteiger partial charge is 0.172 e. The van der Waals surface area contributed by atoms with E-state index in [2.05, 4.69) is 37.7 Å². The Hall–Kier alpha value is -0.980. The Kier molecular flexibility index (Phi) is 2.49. The van der Waals surface area contributed by atoms with Crippen LogP contribution in [-0.4, -0.2) is 19.7 Å². The fraction of sp³-hybridized carbons (Fsp3) is 0.222. The van der Waals surface area contributed by atoms with Crippen molar-refractivity contribution in [3.05, 3.63) is 33.5 Å². The molecule has 0 aromatic carbocycles. The first-order valence-corrected chi connectivity index (χ1v) is 5.25. The van der Waals surface area contributed by atoms with Crippen molar-refractivity contribution in [2.75, 3.05) is 0 Å². The second-order valence-electron chi connectivity index (χ2n) is 3.00. The van der Waals surface area contributed by atoms with Gasteiger partial charge in [0, 0.05) is 6.20 Å².